The molecule has 0 bridgehead atoms. The molecule has 0 N–H and O–H groups in total. The number of benzene rings is 2. The molecule has 1 aliphatic heterocycles. The molecule has 0 unspecified atom stereocenters. The molecule has 1 amide bonds. The summed E-state index contributed by atoms with van der Waals surface area (Å²) in [5, 5.41) is 8.77. The number of amides is 1. The Bertz CT molecular complexity index is 932. The van der Waals surface area contributed by atoms with Crippen molar-refractivity contribution in [1.29, 1.82) is 0 Å². The van der Waals surface area contributed by atoms with Gasteiger partial charge in [0.05, 0.1) is 12.1 Å². The molecule has 0 radical (unpaired) electrons. The highest BCUT2D eigenvalue weighted by Gasteiger charge is 2.22. The lowest BCUT2D eigenvalue weighted by Gasteiger charge is -2.35. The Balaban J connectivity index is 1.34. The molecule has 5 nitrogen and oxygen atoms in total. The summed E-state index contributed by atoms with van der Waals surface area (Å²) in [5.74, 6) is 1.06. The van der Waals surface area contributed by atoms with Gasteiger partial charge in [-0.1, -0.05) is 60.2 Å². The minimum atomic E-state index is 0.191. The number of nitrogens with zero attached hydrogens (tertiary/aromatic N) is 4. The van der Waals surface area contributed by atoms with E-state index in [2.05, 4.69) is 34.2 Å². The largest absolute Gasteiger partial charge is 0.352 e. The Kier molecular flexibility index (Phi) is 5.33. The van der Waals surface area contributed by atoms with E-state index < -0.39 is 0 Å². The quantitative estimate of drug-likeness (QED) is 0.705. The van der Waals surface area contributed by atoms with Crippen molar-refractivity contribution in [2.75, 3.05) is 31.1 Å². The van der Waals surface area contributed by atoms with E-state index in [-0.39, 0.29) is 5.91 Å². The molecule has 142 valence electrons. The van der Waals surface area contributed by atoms with Crippen LogP contribution in [0, 0.1) is 6.92 Å². The zero-order valence-corrected chi connectivity index (χ0v) is 16.1. The molecule has 1 aromatic heterocycles. The zero-order chi connectivity index (χ0) is 19.3. The fraction of sp³-hybridized carbons (Fsp3) is 0.261. The van der Waals surface area contributed by atoms with Gasteiger partial charge in [-0.05, 0) is 24.6 Å². The van der Waals surface area contributed by atoms with Crippen LogP contribution in [-0.4, -0.2) is 47.2 Å². The van der Waals surface area contributed by atoms with Gasteiger partial charge in [-0.3, -0.25) is 4.79 Å². The summed E-state index contributed by atoms with van der Waals surface area (Å²) in [6.07, 6.45) is 0.466. The highest BCUT2D eigenvalue weighted by atomic mass is 16.2. The number of hydrogen-bond donors (Lipinski definition) is 0. The number of rotatable bonds is 4. The molecule has 1 aliphatic rings. The zero-order valence-electron chi connectivity index (χ0n) is 16.1. The Morgan fingerprint density at radius 1 is 0.893 bits per heavy atom. The standard InChI is InChI=1S/C23H24N4O/c1-18-6-5-7-19(16-18)17-23(28)27-14-12-26(13-15-27)22-11-10-21(24-25-22)20-8-3-2-4-9-20/h2-11,16H,12-15,17H2,1H3. The number of carbonyl (C=O) groups is 1. The van der Waals surface area contributed by atoms with Crippen LogP contribution in [0.1, 0.15) is 11.1 Å². The topological polar surface area (TPSA) is 49.3 Å². The Morgan fingerprint density at radius 2 is 1.68 bits per heavy atom. The molecule has 0 saturated carbocycles. The fourth-order valence-electron chi connectivity index (χ4n) is 3.55. The van der Waals surface area contributed by atoms with Crippen molar-refractivity contribution < 1.29 is 4.79 Å². The Hall–Kier alpha value is -3.21. The third-order valence-electron chi connectivity index (χ3n) is 5.11. The highest BCUT2D eigenvalue weighted by molar-refractivity contribution is 5.79. The number of carbonyl (C=O) groups excluding carboxylic acids is 1. The maximum Gasteiger partial charge on any atom is 0.227 e. The van der Waals surface area contributed by atoms with Gasteiger partial charge in [0.1, 0.15) is 0 Å². The molecule has 2 heterocycles. The summed E-state index contributed by atoms with van der Waals surface area (Å²) >= 11 is 0. The van der Waals surface area contributed by atoms with Crippen molar-refractivity contribution in [2.45, 2.75) is 13.3 Å². The van der Waals surface area contributed by atoms with Gasteiger partial charge in [-0.2, -0.15) is 0 Å². The monoisotopic (exact) mass is 372 g/mol. The average molecular weight is 372 g/mol. The molecular weight excluding hydrogens is 348 g/mol. The second kappa shape index (κ2) is 8.21. The fourth-order valence-corrected chi connectivity index (χ4v) is 3.55. The molecule has 4 rings (SSSR count). The second-order valence-corrected chi connectivity index (χ2v) is 7.18. The van der Waals surface area contributed by atoms with E-state index in [0.29, 0.717) is 19.5 Å². The smallest absolute Gasteiger partial charge is 0.227 e. The number of hydrogen-bond acceptors (Lipinski definition) is 4. The Labute approximate surface area is 165 Å². The van der Waals surface area contributed by atoms with Gasteiger partial charge in [0.15, 0.2) is 5.82 Å². The van der Waals surface area contributed by atoms with Gasteiger partial charge < -0.3 is 9.80 Å². The first-order chi connectivity index (χ1) is 13.7. The van der Waals surface area contributed by atoms with Crippen LogP contribution in [0.25, 0.3) is 11.3 Å². The normalized spacial score (nSPS) is 14.2. The predicted molar refractivity (Wildman–Crippen MR) is 111 cm³/mol. The van der Waals surface area contributed by atoms with Gasteiger partial charge in [0.2, 0.25) is 5.91 Å². The first-order valence-electron chi connectivity index (χ1n) is 9.66. The summed E-state index contributed by atoms with van der Waals surface area (Å²) in [5.41, 5.74) is 4.20. The second-order valence-electron chi connectivity index (χ2n) is 7.18. The third-order valence-corrected chi connectivity index (χ3v) is 5.11. The van der Waals surface area contributed by atoms with Crippen LogP contribution in [0.3, 0.4) is 0 Å². The summed E-state index contributed by atoms with van der Waals surface area (Å²) in [6.45, 7) is 5.04. The number of aryl methyl sites for hydroxylation is 1. The van der Waals surface area contributed by atoms with Crippen LogP contribution < -0.4 is 4.90 Å². The SMILES string of the molecule is Cc1cccc(CC(=O)N2CCN(c3ccc(-c4ccccc4)nn3)CC2)c1. The maximum atomic E-state index is 12.6. The number of anilines is 1. The van der Waals surface area contributed by atoms with E-state index in [4.69, 9.17) is 0 Å². The van der Waals surface area contributed by atoms with Gasteiger partial charge in [0.25, 0.3) is 0 Å². The molecule has 1 fully saturated rings. The number of piperazine rings is 1. The molecule has 0 atom stereocenters. The Morgan fingerprint density at radius 3 is 2.36 bits per heavy atom. The molecule has 3 aromatic rings. The van der Waals surface area contributed by atoms with E-state index in [0.717, 1.165) is 35.7 Å². The third kappa shape index (κ3) is 4.19. The van der Waals surface area contributed by atoms with Gasteiger partial charge in [0, 0.05) is 31.7 Å². The summed E-state index contributed by atoms with van der Waals surface area (Å²) in [7, 11) is 0. The molecule has 0 aliphatic carbocycles. The van der Waals surface area contributed by atoms with E-state index in [1.165, 1.54) is 5.56 Å². The predicted octanol–water partition coefficient (Wildman–Crippen LogP) is 3.34. The molecule has 0 spiro atoms. The van der Waals surface area contributed by atoms with Crippen LogP contribution in [0.15, 0.2) is 66.7 Å². The van der Waals surface area contributed by atoms with E-state index >= 15 is 0 Å². The molecular formula is C23H24N4O. The van der Waals surface area contributed by atoms with Gasteiger partial charge >= 0.3 is 0 Å². The van der Waals surface area contributed by atoms with Crippen LogP contribution >= 0.6 is 0 Å². The summed E-state index contributed by atoms with van der Waals surface area (Å²) < 4.78 is 0. The maximum absolute atomic E-state index is 12.6. The van der Waals surface area contributed by atoms with Crippen molar-refractivity contribution in [1.82, 2.24) is 15.1 Å². The van der Waals surface area contributed by atoms with Crippen LogP contribution in [0.4, 0.5) is 5.82 Å². The van der Waals surface area contributed by atoms with Crippen molar-refractivity contribution in [3.05, 3.63) is 77.9 Å². The van der Waals surface area contributed by atoms with E-state index in [1.807, 2.05) is 59.5 Å². The molecule has 5 heteroatoms. The van der Waals surface area contributed by atoms with Crippen LogP contribution in [0.5, 0.6) is 0 Å². The van der Waals surface area contributed by atoms with E-state index in [9.17, 15) is 4.79 Å². The molecule has 28 heavy (non-hydrogen) atoms. The summed E-state index contributed by atoms with van der Waals surface area (Å²) in [6, 6.07) is 22.2. The van der Waals surface area contributed by atoms with Crippen molar-refractivity contribution >= 4 is 11.7 Å². The number of aromatic nitrogens is 2. The van der Waals surface area contributed by atoms with Crippen molar-refractivity contribution in [2.24, 2.45) is 0 Å². The van der Waals surface area contributed by atoms with Gasteiger partial charge in [-0.25, -0.2) is 0 Å². The molecule has 1 saturated heterocycles. The molecule has 2 aromatic carbocycles. The van der Waals surface area contributed by atoms with Crippen molar-refractivity contribution in [3.63, 3.8) is 0 Å². The lowest BCUT2D eigenvalue weighted by atomic mass is 10.1. The van der Waals surface area contributed by atoms with Crippen molar-refractivity contribution in [3.8, 4) is 11.3 Å². The average Bonchev–Trinajstić information content (AvgIpc) is 2.75. The van der Waals surface area contributed by atoms with Crippen LogP contribution in [-0.2, 0) is 11.2 Å². The highest BCUT2D eigenvalue weighted by Crippen LogP contribution is 2.19. The minimum Gasteiger partial charge on any atom is -0.352 e. The van der Waals surface area contributed by atoms with Gasteiger partial charge in [-0.15, -0.1) is 10.2 Å². The summed E-state index contributed by atoms with van der Waals surface area (Å²) in [4.78, 5) is 16.7. The van der Waals surface area contributed by atoms with E-state index in [1.54, 1.807) is 0 Å². The minimum absolute atomic E-state index is 0.191. The lowest BCUT2D eigenvalue weighted by Crippen LogP contribution is -2.49. The first-order valence-corrected chi connectivity index (χ1v) is 9.66. The first kappa shape index (κ1) is 18.2. The van der Waals surface area contributed by atoms with Crippen LogP contribution in [0.2, 0.25) is 0 Å². The lowest BCUT2D eigenvalue weighted by molar-refractivity contribution is -0.130.